The van der Waals surface area contributed by atoms with Crippen LogP contribution in [0.1, 0.15) is 20.8 Å². The van der Waals surface area contributed by atoms with E-state index in [4.69, 9.17) is 4.74 Å². The van der Waals surface area contributed by atoms with Crippen LogP contribution in [0.3, 0.4) is 0 Å². The highest BCUT2D eigenvalue weighted by Gasteiger charge is 2.16. The molecule has 0 atom stereocenters. The molecule has 2 N–H and O–H groups in total. The first-order valence-electron chi connectivity index (χ1n) is 6.72. The molecule has 0 fully saturated rings. The van der Waals surface area contributed by atoms with E-state index in [2.05, 4.69) is 38.1 Å². The molecule has 6 nitrogen and oxygen atoms in total. The lowest BCUT2D eigenvalue weighted by atomic mass is 10.1. The van der Waals surface area contributed by atoms with Crippen LogP contribution in [-0.4, -0.2) is 29.2 Å². The molecule has 0 spiro atoms. The standard InChI is InChI=1S/C16H12IN3O3/c1-23-16(22)14-11-8-9(6-7-13(11)19-20-14)18-15(21)10-4-2-3-5-12(10)17/h2-8H,1H3,(H,18,21)(H,19,20). The number of amides is 1. The quantitative estimate of drug-likeness (QED) is 0.503. The van der Waals surface area contributed by atoms with Crippen molar-refractivity contribution in [3.8, 4) is 0 Å². The van der Waals surface area contributed by atoms with E-state index in [9.17, 15) is 9.59 Å². The number of fused-ring (bicyclic) bond motifs is 1. The molecule has 1 amide bonds. The minimum absolute atomic E-state index is 0.188. The topological polar surface area (TPSA) is 84.1 Å². The average molecular weight is 421 g/mol. The number of hydrogen-bond donors (Lipinski definition) is 2. The molecule has 0 aliphatic rings. The van der Waals surface area contributed by atoms with Gasteiger partial charge < -0.3 is 10.1 Å². The number of methoxy groups -OCH3 is 1. The molecule has 0 bridgehead atoms. The van der Waals surface area contributed by atoms with Crippen molar-refractivity contribution >= 4 is 51.1 Å². The van der Waals surface area contributed by atoms with Crippen molar-refractivity contribution in [2.24, 2.45) is 0 Å². The maximum atomic E-state index is 12.4. The van der Waals surface area contributed by atoms with Crippen LogP contribution < -0.4 is 5.32 Å². The maximum Gasteiger partial charge on any atom is 0.359 e. The molecule has 2 aromatic carbocycles. The maximum absolute atomic E-state index is 12.4. The molecule has 23 heavy (non-hydrogen) atoms. The number of carbonyl (C=O) groups is 2. The summed E-state index contributed by atoms with van der Waals surface area (Å²) in [5.74, 6) is -0.741. The summed E-state index contributed by atoms with van der Waals surface area (Å²) in [6.07, 6.45) is 0. The van der Waals surface area contributed by atoms with Gasteiger partial charge in [-0.1, -0.05) is 12.1 Å². The molecule has 0 saturated heterocycles. The highest BCUT2D eigenvalue weighted by atomic mass is 127. The Morgan fingerprint density at radius 2 is 2.00 bits per heavy atom. The minimum Gasteiger partial charge on any atom is -0.464 e. The fourth-order valence-corrected chi connectivity index (χ4v) is 2.82. The number of aromatic amines is 1. The van der Waals surface area contributed by atoms with Crippen LogP contribution in [0.5, 0.6) is 0 Å². The fraction of sp³-hybridized carbons (Fsp3) is 0.0625. The Hall–Kier alpha value is -2.42. The molecule has 0 saturated carbocycles. The summed E-state index contributed by atoms with van der Waals surface area (Å²) >= 11 is 2.11. The van der Waals surface area contributed by atoms with E-state index in [-0.39, 0.29) is 11.6 Å². The van der Waals surface area contributed by atoms with Crippen molar-refractivity contribution in [1.29, 1.82) is 0 Å². The van der Waals surface area contributed by atoms with Gasteiger partial charge in [-0.25, -0.2) is 4.79 Å². The van der Waals surface area contributed by atoms with E-state index < -0.39 is 5.97 Å². The molecule has 0 aliphatic carbocycles. The second kappa shape index (κ2) is 6.37. The first-order valence-corrected chi connectivity index (χ1v) is 7.80. The molecule has 1 aromatic heterocycles. The van der Waals surface area contributed by atoms with Gasteiger partial charge in [-0.05, 0) is 52.9 Å². The van der Waals surface area contributed by atoms with Crippen molar-refractivity contribution in [1.82, 2.24) is 10.2 Å². The second-order valence-corrected chi connectivity index (χ2v) is 5.92. The van der Waals surface area contributed by atoms with Crippen molar-refractivity contribution in [2.75, 3.05) is 12.4 Å². The monoisotopic (exact) mass is 421 g/mol. The average Bonchev–Trinajstić information content (AvgIpc) is 2.97. The molecule has 1 heterocycles. The Labute approximate surface area is 145 Å². The number of rotatable bonds is 3. The van der Waals surface area contributed by atoms with E-state index in [0.717, 1.165) is 3.57 Å². The molecule has 0 unspecified atom stereocenters. The van der Waals surface area contributed by atoms with E-state index in [1.165, 1.54) is 7.11 Å². The van der Waals surface area contributed by atoms with Gasteiger partial charge in [-0.15, -0.1) is 0 Å². The van der Waals surface area contributed by atoms with Gasteiger partial charge in [0.05, 0.1) is 18.2 Å². The predicted molar refractivity (Wildman–Crippen MR) is 94.5 cm³/mol. The third-order valence-electron chi connectivity index (χ3n) is 3.32. The van der Waals surface area contributed by atoms with Crippen LogP contribution in [0.15, 0.2) is 42.5 Å². The van der Waals surface area contributed by atoms with E-state index in [1.807, 2.05) is 18.2 Å². The Morgan fingerprint density at radius 1 is 1.22 bits per heavy atom. The van der Waals surface area contributed by atoms with Gasteiger partial charge in [0, 0.05) is 14.6 Å². The van der Waals surface area contributed by atoms with Crippen LogP contribution >= 0.6 is 22.6 Å². The van der Waals surface area contributed by atoms with Gasteiger partial charge in [0.15, 0.2) is 5.69 Å². The summed E-state index contributed by atoms with van der Waals surface area (Å²) in [6, 6.07) is 12.5. The zero-order chi connectivity index (χ0) is 16.4. The van der Waals surface area contributed by atoms with Gasteiger partial charge in [0.1, 0.15) is 0 Å². The van der Waals surface area contributed by atoms with Crippen molar-refractivity contribution < 1.29 is 14.3 Å². The summed E-state index contributed by atoms with van der Waals surface area (Å²) in [6.45, 7) is 0. The highest BCUT2D eigenvalue weighted by Crippen LogP contribution is 2.22. The third kappa shape index (κ3) is 3.04. The fourth-order valence-electron chi connectivity index (χ4n) is 2.19. The molecule has 116 valence electrons. The Balaban J connectivity index is 1.93. The largest absolute Gasteiger partial charge is 0.464 e. The summed E-state index contributed by atoms with van der Waals surface area (Å²) in [5, 5.41) is 10.1. The summed E-state index contributed by atoms with van der Waals surface area (Å²) < 4.78 is 5.56. The first-order chi connectivity index (χ1) is 11.1. The molecular weight excluding hydrogens is 409 g/mol. The zero-order valence-corrected chi connectivity index (χ0v) is 14.2. The molecule has 3 aromatic rings. The number of carbonyl (C=O) groups excluding carboxylic acids is 2. The minimum atomic E-state index is -0.530. The van der Waals surface area contributed by atoms with Gasteiger partial charge in [0.2, 0.25) is 0 Å². The lowest BCUT2D eigenvalue weighted by molar-refractivity contribution is 0.0596. The van der Waals surface area contributed by atoms with Crippen molar-refractivity contribution in [3.63, 3.8) is 0 Å². The summed E-state index contributed by atoms with van der Waals surface area (Å²) in [4.78, 5) is 24.0. The van der Waals surface area contributed by atoms with Gasteiger partial charge >= 0.3 is 5.97 Å². The lowest BCUT2D eigenvalue weighted by Crippen LogP contribution is -2.13. The van der Waals surface area contributed by atoms with Crippen molar-refractivity contribution in [3.05, 3.63) is 57.3 Å². The van der Waals surface area contributed by atoms with Crippen LogP contribution in [-0.2, 0) is 4.74 Å². The molecule has 7 heteroatoms. The lowest BCUT2D eigenvalue weighted by Gasteiger charge is -2.07. The van der Waals surface area contributed by atoms with E-state index in [1.54, 1.807) is 24.3 Å². The first kappa shape index (κ1) is 15.5. The van der Waals surface area contributed by atoms with E-state index in [0.29, 0.717) is 22.2 Å². The molecular formula is C16H12IN3O3. The third-order valence-corrected chi connectivity index (χ3v) is 4.26. The van der Waals surface area contributed by atoms with Crippen LogP contribution in [0.25, 0.3) is 10.9 Å². The number of anilines is 1. The second-order valence-electron chi connectivity index (χ2n) is 4.76. The Bertz CT molecular complexity index is 904. The van der Waals surface area contributed by atoms with Crippen LogP contribution in [0.4, 0.5) is 5.69 Å². The number of ether oxygens (including phenoxy) is 1. The smallest absolute Gasteiger partial charge is 0.359 e. The number of halogens is 1. The normalized spacial score (nSPS) is 10.5. The number of nitrogens with zero attached hydrogens (tertiary/aromatic N) is 1. The molecule has 3 rings (SSSR count). The number of aromatic nitrogens is 2. The summed E-state index contributed by atoms with van der Waals surface area (Å²) in [5.41, 5.74) is 2.05. The number of H-pyrrole nitrogens is 1. The SMILES string of the molecule is COC(=O)c1n[nH]c2ccc(NC(=O)c3ccccc3I)cc12. The zero-order valence-electron chi connectivity index (χ0n) is 12.1. The molecule has 0 radical (unpaired) electrons. The van der Waals surface area contributed by atoms with Crippen molar-refractivity contribution in [2.45, 2.75) is 0 Å². The number of hydrogen-bond acceptors (Lipinski definition) is 4. The Morgan fingerprint density at radius 3 is 2.74 bits per heavy atom. The van der Waals surface area contributed by atoms with Gasteiger partial charge in [-0.2, -0.15) is 5.10 Å². The van der Waals surface area contributed by atoms with Gasteiger partial charge in [-0.3, -0.25) is 9.89 Å². The Kier molecular flexibility index (Phi) is 4.28. The van der Waals surface area contributed by atoms with Crippen LogP contribution in [0.2, 0.25) is 0 Å². The number of nitrogens with one attached hydrogen (secondary N) is 2. The number of benzene rings is 2. The molecule has 0 aliphatic heterocycles. The van der Waals surface area contributed by atoms with Gasteiger partial charge in [0.25, 0.3) is 5.91 Å². The summed E-state index contributed by atoms with van der Waals surface area (Å²) in [7, 11) is 1.30. The predicted octanol–water partition coefficient (Wildman–Crippen LogP) is 3.21. The van der Waals surface area contributed by atoms with Crippen LogP contribution in [0, 0.1) is 3.57 Å². The highest BCUT2D eigenvalue weighted by molar-refractivity contribution is 14.1. The number of esters is 1. The van der Waals surface area contributed by atoms with E-state index >= 15 is 0 Å².